The number of aryl methyl sites for hydroxylation is 1. The first-order valence-electron chi connectivity index (χ1n) is 10.00. The van der Waals surface area contributed by atoms with Gasteiger partial charge in [0.15, 0.2) is 5.79 Å². The first kappa shape index (κ1) is 17.6. The van der Waals surface area contributed by atoms with E-state index < -0.39 is 5.79 Å². The second kappa shape index (κ2) is 7.14. The fourth-order valence-electron chi connectivity index (χ4n) is 4.34. The number of hydrogen-bond acceptors (Lipinski definition) is 6. The van der Waals surface area contributed by atoms with Crippen LogP contribution in [-0.2, 0) is 15.9 Å². The molecule has 0 aliphatic carbocycles. The number of para-hydroxylation sites is 1. The minimum absolute atomic E-state index is 0.0539. The summed E-state index contributed by atoms with van der Waals surface area (Å²) >= 11 is 0. The van der Waals surface area contributed by atoms with Crippen molar-refractivity contribution < 1.29 is 14.3 Å². The lowest BCUT2D eigenvalue weighted by Gasteiger charge is -2.37. The highest BCUT2D eigenvalue weighted by molar-refractivity contribution is 5.92. The Bertz CT molecular complexity index is 871. The smallest absolute Gasteiger partial charge is 0.272 e. The van der Waals surface area contributed by atoms with Crippen LogP contribution in [0.3, 0.4) is 0 Å². The van der Waals surface area contributed by atoms with E-state index in [-0.39, 0.29) is 5.91 Å². The van der Waals surface area contributed by atoms with Gasteiger partial charge < -0.3 is 19.3 Å². The standard InChI is InChI=1S/C21H24N4O3/c26-19(24-12-8-21(9-13-24)27-14-15-28-21)17-7-10-22-20(23-17)25-11-3-5-16-4-1-2-6-18(16)25/h1-2,4,6-7,10H,3,5,8-9,11-15H2. The number of carbonyl (C=O) groups excluding carboxylic acids is 1. The Labute approximate surface area is 164 Å². The van der Waals surface area contributed by atoms with Gasteiger partial charge in [-0.2, -0.15) is 0 Å². The minimum Gasteiger partial charge on any atom is -0.347 e. The quantitative estimate of drug-likeness (QED) is 0.798. The molecule has 2 fully saturated rings. The molecule has 1 aromatic heterocycles. The minimum atomic E-state index is -0.481. The van der Waals surface area contributed by atoms with Crippen molar-refractivity contribution in [3.63, 3.8) is 0 Å². The Morgan fingerprint density at radius 3 is 2.64 bits per heavy atom. The van der Waals surface area contributed by atoms with Crippen molar-refractivity contribution in [3.05, 3.63) is 47.8 Å². The van der Waals surface area contributed by atoms with Crippen molar-refractivity contribution in [2.24, 2.45) is 0 Å². The van der Waals surface area contributed by atoms with Crippen LogP contribution in [0.1, 0.15) is 35.3 Å². The van der Waals surface area contributed by atoms with Crippen LogP contribution < -0.4 is 4.90 Å². The van der Waals surface area contributed by atoms with E-state index in [9.17, 15) is 4.79 Å². The summed E-state index contributed by atoms with van der Waals surface area (Å²) in [5.41, 5.74) is 2.87. The van der Waals surface area contributed by atoms with Gasteiger partial charge in [-0.25, -0.2) is 9.97 Å². The van der Waals surface area contributed by atoms with Crippen LogP contribution in [0.15, 0.2) is 36.5 Å². The average molecular weight is 380 g/mol. The summed E-state index contributed by atoms with van der Waals surface area (Å²) in [4.78, 5) is 26.0. The van der Waals surface area contributed by atoms with Crippen molar-refractivity contribution in [3.8, 4) is 0 Å². The summed E-state index contributed by atoms with van der Waals surface area (Å²) in [6, 6.07) is 10.0. The Kier molecular flexibility index (Phi) is 4.49. The monoisotopic (exact) mass is 380 g/mol. The molecule has 7 heteroatoms. The highest BCUT2D eigenvalue weighted by Gasteiger charge is 2.41. The van der Waals surface area contributed by atoms with Crippen LogP contribution in [0.5, 0.6) is 0 Å². The molecule has 3 aliphatic heterocycles. The molecule has 3 aliphatic rings. The molecule has 1 amide bonds. The maximum Gasteiger partial charge on any atom is 0.272 e. The van der Waals surface area contributed by atoms with E-state index in [0.717, 1.165) is 25.1 Å². The molecule has 0 unspecified atom stereocenters. The molecule has 2 saturated heterocycles. The highest BCUT2D eigenvalue weighted by Crippen LogP contribution is 2.33. The van der Waals surface area contributed by atoms with Crippen molar-refractivity contribution >= 4 is 17.5 Å². The molecule has 5 rings (SSSR count). The predicted molar refractivity (Wildman–Crippen MR) is 104 cm³/mol. The van der Waals surface area contributed by atoms with Crippen molar-refractivity contribution in [2.75, 3.05) is 37.7 Å². The van der Waals surface area contributed by atoms with E-state index in [0.29, 0.717) is 50.8 Å². The molecule has 0 bridgehead atoms. The van der Waals surface area contributed by atoms with Gasteiger partial charge in [0.25, 0.3) is 5.91 Å². The van der Waals surface area contributed by atoms with Gasteiger partial charge in [-0.05, 0) is 30.5 Å². The van der Waals surface area contributed by atoms with E-state index in [2.05, 4.69) is 33.1 Å². The molecule has 1 aromatic carbocycles. The summed E-state index contributed by atoms with van der Waals surface area (Å²) in [6.07, 6.45) is 5.20. The molecule has 146 valence electrons. The zero-order valence-electron chi connectivity index (χ0n) is 15.8. The van der Waals surface area contributed by atoms with E-state index in [1.54, 1.807) is 12.3 Å². The maximum absolute atomic E-state index is 13.0. The molecule has 0 N–H and O–H groups in total. The Balaban J connectivity index is 1.34. The Morgan fingerprint density at radius 2 is 1.82 bits per heavy atom. The van der Waals surface area contributed by atoms with Crippen molar-refractivity contribution in [2.45, 2.75) is 31.5 Å². The number of anilines is 2. The van der Waals surface area contributed by atoms with Gasteiger partial charge in [-0.1, -0.05) is 18.2 Å². The summed E-state index contributed by atoms with van der Waals surface area (Å²) in [6.45, 7) is 3.37. The largest absolute Gasteiger partial charge is 0.347 e. The molecular weight excluding hydrogens is 356 g/mol. The molecule has 0 saturated carbocycles. The zero-order chi connectivity index (χ0) is 19.0. The molecule has 28 heavy (non-hydrogen) atoms. The number of likely N-dealkylation sites (tertiary alicyclic amines) is 1. The van der Waals surface area contributed by atoms with E-state index in [4.69, 9.17) is 9.47 Å². The number of hydrogen-bond donors (Lipinski definition) is 0. The van der Waals surface area contributed by atoms with E-state index in [1.807, 2.05) is 11.0 Å². The number of carbonyl (C=O) groups is 1. The Morgan fingerprint density at radius 1 is 1.04 bits per heavy atom. The van der Waals surface area contributed by atoms with E-state index in [1.165, 1.54) is 5.56 Å². The SMILES string of the molecule is O=C(c1ccnc(N2CCCc3ccccc32)n1)N1CCC2(CC1)OCCO2. The molecule has 7 nitrogen and oxygen atoms in total. The number of piperidine rings is 1. The third-order valence-corrected chi connectivity index (χ3v) is 5.84. The fraction of sp³-hybridized carbons (Fsp3) is 0.476. The summed E-state index contributed by atoms with van der Waals surface area (Å²) in [5, 5.41) is 0. The van der Waals surface area contributed by atoms with Gasteiger partial charge in [0.2, 0.25) is 5.95 Å². The van der Waals surface area contributed by atoms with Crippen molar-refractivity contribution in [1.82, 2.24) is 14.9 Å². The molecule has 4 heterocycles. The fourth-order valence-corrected chi connectivity index (χ4v) is 4.34. The van der Waals surface area contributed by atoms with Gasteiger partial charge in [-0.3, -0.25) is 4.79 Å². The van der Waals surface area contributed by atoms with Crippen LogP contribution in [0, 0.1) is 0 Å². The first-order valence-corrected chi connectivity index (χ1v) is 10.00. The highest BCUT2D eigenvalue weighted by atomic mass is 16.7. The normalized spacial score (nSPS) is 21.0. The van der Waals surface area contributed by atoms with Gasteiger partial charge in [0, 0.05) is 44.4 Å². The molecule has 0 radical (unpaired) electrons. The van der Waals surface area contributed by atoms with Gasteiger partial charge in [0.05, 0.1) is 13.2 Å². The maximum atomic E-state index is 13.0. The second-order valence-electron chi connectivity index (χ2n) is 7.53. The number of amides is 1. The third-order valence-electron chi connectivity index (χ3n) is 5.84. The number of aromatic nitrogens is 2. The average Bonchev–Trinajstić information content (AvgIpc) is 3.21. The summed E-state index contributed by atoms with van der Waals surface area (Å²) in [7, 11) is 0. The van der Waals surface area contributed by atoms with Crippen LogP contribution in [0.4, 0.5) is 11.6 Å². The van der Waals surface area contributed by atoms with Crippen molar-refractivity contribution in [1.29, 1.82) is 0 Å². The second-order valence-corrected chi connectivity index (χ2v) is 7.53. The number of ether oxygens (including phenoxy) is 2. The molecule has 1 spiro atoms. The summed E-state index contributed by atoms with van der Waals surface area (Å²) < 4.78 is 11.5. The molecule has 2 aromatic rings. The molecule has 0 atom stereocenters. The van der Waals surface area contributed by atoms with Gasteiger partial charge in [0.1, 0.15) is 5.69 Å². The number of nitrogens with zero attached hydrogens (tertiary/aromatic N) is 4. The van der Waals surface area contributed by atoms with Crippen LogP contribution in [-0.4, -0.2) is 59.4 Å². The zero-order valence-corrected chi connectivity index (χ0v) is 15.8. The lowest BCUT2D eigenvalue weighted by molar-refractivity contribution is -0.181. The Hall–Kier alpha value is -2.51. The topological polar surface area (TPSA) is 67.8 Å². The third kappa shape index (κ3) is 3.14. The molecular formula is C21H24N4O3. The van der Waals surface area contributed by atoms with Crippen LogP contribution >= 0.6 is 0 Å². The lowest BCUT2D eigenvalue weighted by Crippen LogP contribution is -2.47. The van der Waals surface area contributed by atoms with Gasteiger partial charge in [-0.15, -0.1) is 0 Å². The predicted octanol–water partition coefficient (Wildman–Crippen LogP) is 2.54. The van der Waals surface area contributed by atoms with Crippen LogP contribution in [0.2, 0.25) is 0 Å². The lowest BCUT2D eigenvalue weighted by atomic mass is 10.0. The van der Waals surface area contributed by atoms with Crippen LogP contribution in [0.25, 0.3) is 0 Å². The van der Waals surface area contributed by atoms with Gasteiger partial charge >= 0.3 is 0 Å². The number of benzene rings is 1. The first-order chi connectivity index (χ1) is 13.7. The van der Waals surface area contributed by atoms with E-state index >= 15 is 0 Å². The number of rotatable bonds is 2. The number of fused-ring (bicyclic) bond motifs is 1. The summed E-state index contributed by atoms with van der Waals surface area (Å²) in [5.74, 6) is 0.0567.